The van der Waals surface area contributed by atoms with Crippen LogP contribution in [0.4, 0.5) is 4.39 Å². The van der Waals surface area contributed by atoms with E-state index in [4.69, 9.17) is 11.6 Å². The summed E-state index contributed by atoms with van der Waals surface area (Å²) in [5, 5.41) is -0.420. The molecule has 114 valence electrons. The van der Waals surface area contributed by atoms with E-state index in [0.717, 1.165) is 0 Å². The number of halogens is 2. The van der Waals surface area contributed by atoms with Crippen molar-refractivity contribution in [2.24, 2.45) is 5.92 Å². The molecule has 2 aromatic carbocycles. The van der Waals surface area contributed by atoms with Gasteiger partial charge in [-0.2, -0.15) is 0 Å². The molecule has 3 rings (SSSR count). The molecule has 22 heavy (non-hydrogen) atoms. The highest BCUT2D eigenvalue weighted by atomic mass is 35.5. The van der Waals surface area contributed by atoms with E-state index in [9.17, 15) is 17.6 Å². The maximum atomic E-state index is 13.3. The quantitative estimate of drug-likeness (QED) is 0.804. The van der Waals surface area contributed by atoms with Crippen LogP contribution in [0.25, 0.3) is 0 Å². The molecule has 6 heteroatoms. The molecule has 1 fully saturated rings. The third-order valence-electron chi connectivity index (χ3n) is 3.90. The number of rotatable bonds is 4. The van der Waals surface area contributed by atoms with Crippen LogP contribution < -0.4 is 0 Å². The van der Waals surface area contributed by atoms with Crippen LogP contribution in [0, 0.1) is 11.7 Å². The zero-order chi connectivity index (χ0) is 15.9. The molecule has 0 radical (unpaired) electrons. The van der Waals surface area contributed by atoms with Crippen LogP contribution in [0.2, 0.25) is 5.02 Å². The van der Waals surface area contributed by atoms with Crippen molar-refractivity contribution in [2.45, 2.75) is 16.1 Å². The van der Waals surface area contributed by atoms with E-state index in [-0.39, 0.29) is 4.90 Å². The summed E-state index contributed by atoms with van der Waals surface area (Å²) < 4.78 is 38.6. The molecule has 3 nitrogen and oxygen atoms in total. The van der Waals surface area contributed by atoms with Crippen molar-refractivity contribution in [2.75, 3.05) is 0 Å². The van der Waals surface area contributed by atoms with Gasteiger partial charge in [0.25, 0.3) is 0 Å². The number of hydrogen-bond acceptors (Lipinski definition) is 3. The molecule has 0 N–H and O–H groups in total. The maximum Gasteiger partial charge on any atom is 0.182 e. The summed E-state index contributed by atoms with van der Waals surface area (Å²) in [5.74, 6) is -1.60. The van der Waals surface area contributed by atoms with Gasteiger partial charge in [-0.3, -0.25) is 0 Å². The molecular weight excluding hydrogens is 327 g/mol. The van der Waals surface area contributed by atoms with Crippen LogP contribution in [0.5, 0.6) is 0 Å². The van der Waals surface area contributed by atoms with Crippen LogP contribution in [0.15, 0.2) is 53.4 Å². The molecular formula is C16H12ClFO3S. The fourth-order valence-electron chi connectivity index (χ4n) is 2.77. The van der Waals surface area contributed by atoms with Gasteiger partial charge in [0.1, 0.15) is 12.1 Å². The van der Waals surface area contributed by atoms with Gasteiger partial charge in [0.05, 0.1) is 10.1 Å². The highest BCUT2D eigenvalue weighted by Gasteiger charge is 2.59. The van der Waals surface area contributed by atoms with Crippen molar-refractivity contribution >= 4 is 27.7 Å². The maximum absolute atomic E-state index is 13.3. The van der Waals surface area contributed by atoms with Crippen molar-refractivity contribution in [1.82, 2.24) is 0 Å². The molecule has 2 aromatic rings. The number of carbonyl (C=O) groups excluding carboxylic acids is 1. The van der Waals surface area contributed by atoms with Gasteiger partial charge in [-0.15, -0.1) is 0 Å². The van der Waals surface area contributed by atoms with Gasteiger partial charge < -0.3 is 4.79 Å². The lowest BCUT2D eigenvalue weighted by Crippen LogP contribution is -2.11. The Morgan fingerprint density at radius 1 is 1.09 bits per heavy atom. The fraction of sp³-hybridized carbons (Fsp3) is 0.188. The first-order valence-corrected chi connectivity index (χ1v) is 8.58. The van der Waals surface area contributed by atoms with Gasteiger partial charge in [-0.25, -0.2) is 12.8 Å². The minimum absolute atomic E-state index is 0.118. The average molecular weight is 339 g/mol. The van der Waals surface area contributed by atoms with E-state index in [2.05, 4.69) is 0 Å². The van der Waals surface area contributed by atoms with Gasteiger partial charge >= 0.3 is 0 Å². The number of aldehydes is 1. The lowest BCUT2D eigenvalue weighted by atomic mass is 10.1. The first kappa shape index (κ1) is 15.2. The molecule has 1 saturated carbocycles. The van der Waals surface area contributed by atoms with Crippen LogP contribution in [-0.2, 0) is 14.6 Å². The Morgan fingerprint density at radius 3 is 2.36 bits per heavy atom. The molecule has 0 saturated heterocycles. The lowest BCUT2D eigenvalue weighted by molar-refractivity contribution is -0.108. The van der Waals surface area contributed by atoms with Gasteiger partial charge in [0, 0.05) is 16.9 Å². The van der Waals surface area contributed by atoms with E-state index in [1.807, 2.05) is 0 Å². The van der Waals surface area contributed by atoms with Crippen molar-refractivity contribution in [3.63, 3.8) is 0 Å². The van der Waals surface area contributed by atoms with Gasteiger partial charge in [0.15, 0.2) is 9.84 Å². The zero-order valence-corrected chi connectivity index (χ0v) is 12.9. The molecule has 0 unspecified atom stereocenters. The Bertz CT molecular complexity index is 818. The Hall–Kier alpha value is -1.72. The molecule has 0 heterocycles. The van der Waals surface area contributed by atoms with E-state index < -0.39 is 32.7 Å². The first-order chi connectivity index (χ1) is 10.4. The van der Waals surface area contributed by atoms with Crippen molar-refractivity contribution in [3.8, 4) is 0 Å². The number of hydrogen-bond donors (Lipinski definition) is 0. The van der Waals surface area contributed by atoms with Crippen molar-refractivity contribution < 1.29 is 17.6 Å². The Labute approximate surface area is 132 Å². The first-order valence-electron chi connectivity index (χ1n) is 6.65. The topological polar surface area (TPSA) is 51.2 Å². The standard InChI is InChI=1S/C16H12ClFO3S/c17-11-4-6-13(7-5-11)22(20,21)16-14(9-19)15(16)10-2-1-3-12(18)8-10/h1-9,14-16H/t14-,15-,16-/m1/s1. The largest absolute Gasteiger partial charge is 0.303 e. The number of benzene rings is 2. The van der Waals surface area contributed by atoms with Crippen molar-refractivity contribution in [3.05, 3.63) is 64.9 Å². The lowest BCUT2D eigenvalue weighted by Gasteiger charge is -2.04. The number of sulfone groups is 1. The second-order valence-electron chi connectivity index (χ2n) is 5.26. The minimum Gasteiger partial charge on any atom is -0.303 e. The molecule has 3 atom stereocenters. The summed E-state index contributed by atoms with van der Waals surface area (Å²) in [5.41, 5.74) is 0.527. The van der Waals surface area contributed by atoms with E-state index >= 15 is 0 Å². The van der Waals surface area contributed by atoms with Gasteiger partial charge in [-0.1, -0.05) is 23.7 Å². The van der Waals surface area contributed by atoms with Crippen LogP contribution >= 0.6 is 11.6 Å². The summed E-state index contributed by atoms with van der Waals surface area (Å²) in [6.45, 7) is 0. The van der Waals surface area contributed by atoms with Gasteiger partial charge in [0.2, 0.25) is 0 Å². The average Bonchev–Trinajstić information content (AvgIpc) is 3.23. The summed E-state index contributed by atoms with van der Waals surface area (Å²) in [6, 6.07) is 11.5. The van der Waals surface area contributed by atoms with Crippen LogP contribution in [0.1, 0.15) is 11.5 Å². The Kier molecular flexibility index (Phi) is 3.78. The summed E-state index contributed by atoms with van der Waals surface area (Å²) in [6.07, 6.45) is 0.633. The molecule has 0 bridgehead atoms. The normalized spacial score (nSPS) is 24.0. The molecule has 0 amide bonds. The van der Waals surface area contributed by atoms with Gasteiger partial charge in [-0.05, 0) is 42.0 Å². The van der Waals surface area contributed by atoms with E-state index in [1.165, 1.54) is 42.5 Å². The number of carbonyl (C=O) groups is 1. The molecule has 0 spiro atoms. The second-order valence-corrected chi connectivity index (χ2v) is 7.80. The third-order valence-corrected chi connectivity index (χ3v) is 6.40. The van der Waals surface area contributed by atoms with Crippen LogP contribution in [-0.4, -0.2) is 20.0 Å². The molecule has 0 aromatic heterocycles. The SMILES string of the molecule is O=C[C@@H]1[C@@H](c2cccc(F)c2)[C@@H]1S(=O)(=O)c1ccc(Cl)cc1. The highest BCUT2D eigenvalue weighted by Crippen LogP contribution is 2.52. The highest BCUT2D eigenvalue weighted by molar-refractivity contribution is 7.92. The summed E-state index contributed by atoms with van der Waals surface area (Å²) in [7, 11) is -3.67. The minimum atomic E-state index is -3.67. The molecule has 1 aliphatic carbocycles. The molecule has 1 aliphatic rings. The van der Waals surface area contributed by atoms with Crippen LogP contribution in [0.3, 0.4) is 0 Å². The second kappa shape index (κ2) is 5.48. The fourth-order valence-corrected chi connectivity index (χ4v) is 5.01. The van der Waals surface area contributed by atoms with E-state index in [1.54, 1.807) is 6.07 Å². The van der Waals surface area contributed by atoms with Crippen molar-refractivity contribution in [1.29, 1.82) is 0 Å². The predicted octanol–water partition coefficient (Wildman–Crippen LogP) is 3.23. The third kappa shape index (κ3) is 2.55. The Balaban J connectivity index is 1.97. The zero-order valence-electron chi connectivity index (χ0n) is 11.3. The monoisotopic (exact) mass is 338 g/mol. The smallest absolute Gasteiger partial charge is 0.182 e. The van der Waals surface area contributed by atoms with E-state index in [0.29, 0.717) is 16.9 Å². The Morgan fingerprint density at radius 2 is 1.77 bits per heavy atom. The molecule has 0 aliphatic heterocycles. The summed E-state index contributed by atoms with van der Waals surface area (Å²) in [4.78, 5) is 11.3. The predicted molar refractivity (Wildman–Crippen MR) is 81.1 cm³/mol. The summed E-state index contributed by atoms with van der Waals surface area (Å²) >= 11 is 5.76.